The first kappa shape index (κ1) is 9.51. The van der Waals surface area contributed by atoms with Crippen molar-refractivity contribution < 1.29 is 13.2 Å². The fourth-order valence-electron chi connectivity index (χ4n) is 0.695. The molecule has 0 aliphatic rings. The lowest BCUT2D eigenvalue weighted by atomic mass is 10.2. The Kier molecular flexibility index (Phi) is 2.41. The molecule has 0 aliphatic heterocycles. The molecule has 1 heterocycles. The quantitative estimate of drug-likeness (QED) is 0.670. The third kappa shape index (κ3) is 1.97. The van der Waals surface area contributed by atoms with Crippen molar-refractivity contribution >= 4 is 11.5 Å². The van der Waals surface area contributed by atoms with Crippen molar-refractivity contribution in [1.29, 1.82) is 0 Å². The molecule has 1 aromatic rings. The molecule has 68 valence electrons. The van der Waals surface area contributed by atoms with Crippen LogP contribution in [0.25, 0.3) is 0 Å². The van der Waals surface area contributed by atoms with Crippen LogP contribution in [0.5, 0.6) is 0 Å². The van der Waals surface area contributed by atoms with Gasteiger partial charge in [-0.1, -0.05) is 13.8 Å². The molecule has 0 spiro atoms. The number of hydrogen-bond acceptors (Lipinski definition) is 2. The summed E-state index contributed by atoms with van der Waals surface area (Å²) in [6.45, 7) is 3.68. The number of aromatic nitrogens is 1. The third-order valence-electron chi connectivity index (χ3n) is 1.39. The fraction of sp³-hybridized carbons (Fsp3) is 0.571. The second-order valence-corrected chi connectivity index (χ2v) is 3.60. The van der Waals surface area contributed by atoms with Crippen LogP contribution in [0.4, 0.5) is 13.2 Å². The van der Waals surface area contributed by atoms with Crippen molar-refractivity contribution in [2.45, 2.75) is 25.9 Å². The van der Waals surface area contributed by atoms with E-state index in [1.165, 1.54) is 0 Å². The first-order chi connectivity index (χ1) is 5.41. The van der Waals surface area contributed by atoms with E-state index in [1.54, 1.807) is 0 Å². The summed E-state index contributed by atoms with van der Waals surface area (Å²) >= 11 is 0.915. The van der Waals surface area contributed by atoms with Gasteiger partial charge in [0.05, 0.1) is 0 Å². The molecule has 1 nitrogen and oxygen atoms in total. The van der Waals surface area contributed by atoms with E-state index in [1.807, 2.05) is 13.8 Å². The zero-order valence-corrected chi connectivity index (χ0v) is 7.46. The maximum absolute atomic E-state index is 12.0. The molecule has 0 saturated carbocycles. The van der Waals surface area contributed by atoms with Gasteiger partial charge >= 0.3 is 6.18 Å². The first-order valence-electron chi connectivity index (χ1n) is 3.45. The Morgan fingerprint density at radius 2 is 2.00 bits per heavy atom. The second-order valence-electron chi connectivity index (χ2n) is 2.77. The molecule has 0 saturated heterocycles. The Bertz CT molecular complexity index is 264. The Morgan fingerprint density at radius 1 is 1.42 bits per heavy atom. The molecule has 12 heavy (non-hydrogen) atoms. The van der Waals surface area contributed by atoms with Crippen LogP contribution in [0.1, 0.15) is 30.3 Å². The second kappa shape index (κ2) is 3.05. The minimum Gasteiger partial charge on any atom is -0.188 e. The van der Waals surface area contributed by atoms with Gasteiger partial charge in [-0.15, -0.1) is 0 Å². The van der Waals surface area contributed by atoms with Crippen molar-refractivity contribution in [2.75, 3.05) is 0 Å². The minimum absolute atomic E-state index is 0.110. The molecule has 0 atom stereocenters. The van der Waals surface area contributed by atoms with Crippen LogP contribution >= 0.6 is 11.5 Å². The van der Waals surface area contributed by atoms with Gasteiger partial charge in [-0.05, 0) is 23.5 Å². The maximum atomic E-state index is 12.0. The van der Waals surface area contributed by atoms with E-state index in [-0.39, 0.29) is 5.92 Å². The molecule has 1 rings (SSSR count). The lowest BCUT2D eigenvalue weighted by molar-refractivity contribution is -0.140. The van der Waals surface area contributed by atoms with E-state index in [9.17, 15) is 13.2 Å². The van der Waals surface area contributed by atoms with E-state index in [0.29, 0.717) is 4.88 Å². The van der Waals surface area contributed by atoms with Gasteiger partial charge in [-0.3, -0.25) is 0 Å². The lowest BCUT2D eigenvalue weighted by Crippen LogP contribution is -2.04. The predicted octanol–water partition coefficient (Wildman–Crippen LogP) is 3.29. The summed E-state index contributed by atoms with van der Waals surface area (Å²) in [7, 11) is 0. The van der Waals surface area contributed by atoms with Gasteiger partial charge in [0.1, 0.15) is 0 Å². The van der Waals surface area contributed by atoms with Gasteiger partial charge in [0.25, 0.3) is 0 Å². The van der Waals surface area contributed by atoms with E-state index in [0.717, 1.165) is 17.6 Å². The average molecular weight is 195 g/mol. The summed E-state index contributed by atoms with van der Waals surface area (Å²) in [6, 6.07) is 1.11. The summed E-state index contributed by atoms with van der Waals surface area (Å²) in [4.78, 5) is 0.669. The predicted molar refractivity (Wildman–Crippen MR) is 41.2 cm³/mol. The average Bonchev–Trinajstić information content (AvgIpc) is 2.30. The minimum atomic E-state index is -4.30. The molecule has 0 bridgehead atoms. The highest BCUT2D eigenvalue weighted by Crippen LogP contribution is 2.32. The molecule has 0 radical (unpaired) electrons. The standard InChI is InChI=1S/C7H8F3NS/c1-4(2)5-3-6(11-12-5)7(8,9)10/h3-4H,1-2H3. The van der Waals surface area contributed by atoms with Crippen LogP contribution in [0.15, 0.2) is 6.07 Å². The van der Waals surface area contributed by atoms with Crippen molar-refractivity contribution in [3.05, 3.63) is 16.6 Å². The first-order valence-corrected chi connectivity index (χ1v) is 4.22. The van der Waals surface area contributed by atoms with E-state index in [2.05, 4.69) is 4.37 Å². The highest BCUT2D eigenvalue weighted by molar-refractivity contribution is 7.05. The van der Waals surface area contributed by atoms with Crippen LogP contribution in [0, 0.1) is 0 Å². The van der Waals surface area contributed by atoms with Crippen molar-refractivity contribution in [3.8, 4) is 0 Å². The molecule has 0 N–H and O–H groups in total. The fourth-order valence-corrected chi connectivity index (χ4v) is 1.43. The van der Waals surface area contributed by atoms with Crippen molar-refractivity contribution in [2.24, 2.45) is 0 Å². The number of halogens is 3. The van der Waals surface area contributed by atoms with Gasteiger partial charge < -0.3 is 0 Å². The van der Waals surface area contributed by atoms with Gasteiger partial charge in [0, 0.05) is 4.88 Å². The topological polar surface area (TPSA) is 12.9 Å². The SMILES string of the molecule is CC(C)c1cc(C(F)(F)F)ns1. The van der Waals surface area contributed by atoms with E-state index >= 15 is 0 Å². The number of rotatable bonds is 1. The van der Waals surface area contributed by atoms with Crippen LogP contribution in [-0.2, 0) is 6.18 Å². The lowest BCUT2D eigenvalue weighted by Gasteiger charge is -1.99. The maximum Gasteiger partial charge on any atom is 0.434 e. The molecular formula is C7H8F3NS. The largest absolute Gasteiger partial charge is 0.434 e. The Hall–Kier alpha value is -0.580. The molecule has 0 unspecified atom stereocenters. The summed E-state index contributed by atoms with van der Waals surface area (Å²) in [5.41, 5.74) is -0.781. The van der Waals surface area contributed by atoms with Crippen LogP contribution in [0.3, 0.4) is 0 Å². The van der Waals surface area contributed by atoms with E-state index < -0.39 is 11.9 Å². The molecule has 1 aromatic heterocycles. The van der Waals surface area contributed by atoms with Gasteiger partial charge in [-0.25, -0.2) is 0 Å². The number of nitrogens with zero attached hydrogens (tertiary/aromatic N) is 1. The smallest absolute Gasteiger partial charge is 0.188 e. The molecule has 5 heteroatoms. The summed E-state index contributed by atoms with van der Waals surface area (Å²) in [5.74, 6) is 0.110. The van der Waals surface area contributed by atoms with E-state index in [4.69, 9.17) is 0 Å². The van der Waals surface area contributed by atoms with Crippen LogP contribution < -0.4 is 0 Å². The highest BCUT2D eigenvalue weighted by atomic mass is 32.1. The van der Waals surface area contributed by atoms with Crippen LogP contribution in [-0.4, -0.2) is 4.37 Å². The Balaban J connectivity index is 2.92. The number of hydrogen-bond donors (Lipinski definition) is 0. The molecule has 0 fully saturated rings. The normalized spacial score (nSPS) is 12.5. The summed E-state index contributed by atoms with van der Waals surface area (Å²) < 4.78 is 39.4. The van der Waals surface area contributed by atoms with Gasteiger partial charge in [0.15, 0.2) is 5.69 Å². The summed E-state index contributed by atoms with van der Waals surface area (Å²) in [6.07, 6.45) is -4.30. The van der Waals surface area contributed by atoms with Crippen molar-refractivity contribution in [3.63, 3.8) is 0 Å². The van der Waals surface area contributed by atoms with Gasteiger partial charge in [0.2, 0.25) is 0 Å². The molecule has 0 aliphatic carbocycles. The van der Waals surface area contributed by atoms with Crippen LogP contribution in [0.2, 0.25) is 0 Å². The number of alkyl halides is 3. The molecule has 0 aromatic carbocycles. The zero-order chi connectivity index (χ0) is 9.35. The molecule has 0 amide bonds. The Morgan fingerprint density at radius 3 is 2.25 bits per heavy atom. The van der Waals surface area contributed by atoms with Crippen molar-refractivity contribution in [1.82, 2.24) is 4.37 Å². The zero-order valence-electron chi connectivity index (χ0n) is 6.64. The monoisotopic (exact) mass is 195 g/mol. The Labute approximate surface area is 72.4 Å². The van der Waals surface area contributed by atoms with Gasteiger partial charge in [-0.2, -0.15) is 17.5 Å². The molecular weight excluding hydrogens is 187 g/mol. The summed E-state index contributed by atoms with van der Waals surface area (Å²) in [5, 5.41) is 0. The highest BCUT2D eigenvalue weighted by Gasteiger charge is 2.33. The third-order valence-corrected chi connectivity index (χ3v) is 2.48.